The fourth-order valence-electron chi connectivity index (χ4n) is 2.70. The van der Waals surface area contributed by atoms with Crippen molar-refractivity contribution in [1.29, 1.82) is 0 Å². The molecular formula is C15H22ClN. The summed E-state index contributed by atoms with van der Waals surface area (Å²) in [6.45, 7) is 4.33. The Hall–Kier alpha value is -0.690. The van der Waals surface area contributed by atoms with Crippen LogP contribution in [0.1, 0.15) is 44.6 Å². The van der Waals surface area contributed by atoms with E-state index in [-0.39, 0.29) is 0 Å². The van der Waals surface area contributed by atoms with Crippen LogP contribution in [0.2, 0.25) is 5.02 Å². The van der Waals surface area contributed by atoms with Crippen LogP contribution >= 0.6 is 11.6 Å². The molecule has 1 aromatic rings. The van der Waals surface area contributed by atoms with Gasteiger partial charge in [0.15, 0.2) is 0 Å². The number of benzene rings is 1. The highest BCUT2D eigenvalue weighted by molar-refractivity contribution is 6.31. The average Bonchev–Trinajstić information content (AvgIpc) is 2.35. The monoisotopic (exact) mass is 251 g/mol. The number of rotatable bonds is 3. The Kier molecular flexibility index (Phi) is 4.33. The van der Waals surface area contributed by atoms with E-state index in [9.17, 15) is 0 Å². The summed E-state index contributed by atoms with van der Waals surface area (Å²) in [5, 5.41) is 4.45. The van der Waals surface area contributed by atoms with E-state index in [2.05, 4.69) is 24.4 Å². The van der Waals surface area contributed by atoms with E-state index in [0.717, 1.165) is 22.2 Å². The molecule has 0 aromatic heterocycles. The molecule has 0 bridgehead atoms. The fraction of sp³-hybridized carbons (Fsp3) is 0.600. The van der Waals surface area contributed by atoms with Crippen LogP contribution in [0.5, 0.6) is 0 Å². The summed E-state index contributed by atoms with van der Waals surface area (Å²) in [4.78, 5) is 0. The summed E-state index contributed by atoms with van der Waals surface area (Å²) in [6.07, 6.45) is 6.94. The molecule has 0 aliphatic heterocycles. The Labute approximate surface area is 110 Å². The zero-order valence-electron chi connectivity index (χ0n) is 10.8. The summed E-state index contributed by atoms with van der Waals surface area (Å²) in [5.74, 6) is 0.823. The zero-order chi connectivity index (χ0) is 12.3. The highest BCUT2D eigenvalue weighted by atomic mass is 35.5. The van der Waals surface area contributed by atoms with Gasteiger partial charge in [0.1, 0.15) is 0 Å². The molecule has 17 heavy (non-hydrogen) atoms. The van der Waals surface area contributed by atoms with E-state index < -0.39 is 0 Å². The summed E-state index contributed by atoms with van der Waals surface area (Å²) < 4.78 is 0. The van der Waals surface area contributed by atoms with E-state index in [0.29, 0.717) is 6.04 Å². The van der Waals surface area contributed by atoms with Gasteiger partial charge in [-0.25, -0.2) is 0 Å². The predicted octanol–water partition coefficient (Wildman–Crippen LogP) is 5.03. The van der Waals surface area contributed by atoms with Crippen molar-refractivity contribution in [2.75, 3.05) is 5.32 Å². The van der Waals surface area contributed by atoms with Gasteiger partial charge < -0.3 is 5.32 Å². The van der Waals surface area contributed by atoms with E-state index in [1.54, 1.807) is 0 Å². The van der Waals surface area contributed by atoms with Crippen LogP contribution in [0.15, 0.2) is 18.2 Å². The number of hydrogen-bond donors (Lipinski definition) is 1. The van der Waals surface area contributed by atoms with Crippen LogP contribution in [-0.4, -0.2) is 6.04 Å². The van der Waals surface area contributed by atoms with Crippen molar-refractivity contribution in [2.45, 2.75) is 52.0 Å². The molecule has 94 valence electrons. The molecule has 1 nitrogen and oxygen atoms in total. The van der Waals surface area contributed by atoms with Crippen molar-refractivity contribution >= 4 is 17.3 Å². The molecule has 0 spiro atoms. The van der Waals surface area contributed by atoms with Crippen LogP contribution in [-0.2, 0) is 0 Å². The van der Waals surface area contributed by atoms with Gasteiger partial charge in [0.2, 0.25) is 0 Å². The molecule has 1 fully saturated rings. The Morgan fingerprint density at radius 2 is 1.94 bits per heavy atom. The van der Waals surface area contributed by atoms with Crippen LogP contribution in [0.25, 0.3) is 0 Å². The lowest BCUT2D eigenvalue weighted by Gasteiger charge is -2.29. The topological polar surface area (TPSA) is 12.0 Å². The lowest BCUT2D eigenvalue weighted by Crippen LogP contribution is -2.27. The third-order valence-electron chi connectivity index (χ3n) is 3.92. The van der Waals surface area contributed by atoms with Crippen molar-refractivity contribution in [3.8, 4) is 0 Å². The first kappa shape index (κ1) is 12.8. The second kappa shape index (κ2) is 5.77. The van der Waals surface area contributed by atoms with Gasteiger partial charge in [-0.2, -0.15) is 0 Å². The minimum Gasteiger partial charge on any atom is -0.382 e. The highest BCUT2D eigenvalue weighted by Crippen LogP contribution is 2.29. The van der Waals surface area contributed by atoms with Crippen molar-refractivity contribution in [2.24, 2.45) is 5.92 Å². The van der Waals surface area contributed by atoms with Gasteiger partial charge in [-0.15, -0.1) is 0 Å². The molecule has 1 aliphatic carbocycles. The smallest absolute Gasteiger partial charge is 0.0455 e. The first-order valence-corrected chi connectivity index (χ1v) is 7.07. The van der Waals surface area contributed by atoms with Crippen LogP contribution < -0.4 is 5.32 Å². The molecular weight excluding hydrogens is 230 g/mol. The minimum atomic E-state index is 0.550. The second-order valence-corrected chi connectivity index (χ2v) is 5.70. The molecule has 1 aliphatic rings. The van der Waals surface area contributed by atoms with Crippen molar-refractivity contribution in [3.63, 3.8) is 0 Å². The largest absolute Gasteiger partial charge is 0.382 e. The lowest BCUT2D eigenvalue weighted by atomic mass is 9.84. The van der Waals surface area contributed by atoms with Crippen molar-refractivity contribution in [1.82, 2.24) is 0 Å². The summed E-state index contributed by atoms with van der Waals surface area (Å²) in [7, 11) is 0. The number of anilines is 1. The molecule has 0 saturated heterocycles. The number of nitrogens with one attached hydrogen (secondary N) is 1. The Morgan fingerprint density at radius 1 is 1.24 bits per heavy atom. The molecule has 1 atom stereocenters. The van der Waals surface area contributed by atoms with E-state index in [4.69, 9.17) is 11.6 Å². The molecule has 1 aromatic carbocycles. The molecule has 1 saturated carbocycles. The van der Waals surface area contributed by atoms with Gasteiger partial charge in [-0.3, -0.25) is 0 Å². The van der Waals surface area contributed by atoms with Gasteiger partial charge in [-0.05, 0) is 50.3 Å². The molecule has 0 heterocycles. The number of aryl methyl sites for hydroxylation is 1. The van der Waals surface area contributed by atoms with Gasteiger partial charge in [0, 0.05) is 16.8 Å². The van der Waals surface area contributed by atoms with Crippen molar-refractivity contribution in [3.05, 3.63) is 28.8 Å². The molecule has 1 N–H and O–H groups in total. The van der Waals surface area contributed by atoms with Gasteiger partial charge >= 0.3 is 0 Å². The second-order valence-electron chi connectivity index (χ2n) is 5.30. The van der Waals surface area contributed by atoms with Crippen LogP contribution in [0.4, 0.5) is 5.69 Å². The Balaban J connectivity index is 1.96. The maximum Gasteiger partial charge on any atom is 0.0455 e. The van der Waals surface area contributed by atoms with Gasteiger partial charge in [0.25, 0.3) is 0 Å². The van der Waals surface area contributed by atoms with Gasteiger partial charge in [0.05, 0.1) is 0 Å². The lowest BCUT2D eigenvalue weighted by molar-refractivity contribution is 0.328. The van der Waals surface area contributed by atoms with Crippen molar-refractivity contribution < 1.29 is 0 Å². The molecule has 1 unspecified atom stereocenters. The third kappa shape index (κ3) is 3.38. The van der Waals surface area contributed by atoms with Crippen LogP contribution in [0.3, 0.4) is 0 Å². The van der Waals surface area contributed by atoms with E-state index in [1.165, 1.54) is 32.1 Å². The molecule has 0 radical (unpaired) electrons. The fourth-order valence-corrected chi connectivity index (χ4v) is 2.88. The quantitative estimate of drug-likeness (QED) is 0.795. The zero-order valence-corrected chi connectivity index (χ0v) is 11.6. The Morgan fingerprint density at radius 3 is 2.59 bits per heavy atom. The first-order chi connectivity index (χ1) is 8.16. The average molecular weight is 252 g/mol. The number of halogens is 1. The molecule has 0 amide bonds. The Bertz CT molecular complexity index is 369. The highest BCUT2D eigenvalue weighted by Gasteiger charge is 2.19. The van der Waals surface area contributed by atoms with E-state index in [1.807, 2.05) is 13.0 Å². The predicted molar refractivity (Wildman–Crippen MR) is 75.8 cm³/mol. The maximum atomic E-state index is 6.14. The normalized spacial score (nSPS) is 19.0. The number of hydrogen-bond acceptors (Lipinski definition) is 1. The summed E-state index contributed by atoms with van der Waals surface area (Å²) >= 11 is 6.14. The third-order valence-corrected chi connectivity index (χ3v) is 4.33. The minimum absolute atomic E-state index is 0.550. The maximum absolute atomic E-state index is 6.14. The van der Waals surface area contributed by atoms with E-state index >= 15 is 0 Å². The standard InChI is InChI=1S/C15H22ClN/c1-11-8-9-14(10-15(11)16)17-12(2)13-6-4-3-5-7-13/h8-10,12-13,17H,3-7H2,1-2H3. The van der Waals surface area contributed by atoms with Crippen LogP contribution in [0, 0.1) is 12.8 Å². The van der Waals surface area contributed by atoms with Gasteiger partial charge in [-0.1, -0.05) is 36.9 Å². The summed E-state index contributed by atoms with van der Waals surface area (Å²) in [6, 6.07) is 6.80. The summed E-state index contributed by atoms with van der Waals surface area (Å²) in [5.41, 5.74) is 2.29. The SMILES string of the molecule is Cc1ccc(NC(C)C2CCCCC2)cc1Cl. The molecule has 2 heteroatoms. The first-order valence-electron chi connectivity index (χ1n) is 6.69. The molecule has 2 rings (SSSR count).